The summed E-state index contributed by atoms with van der Waals surface area (Å²) in [6.45, 7) is 0.418. The van der Waals surface area contributed by atoms with Gasteiger partial charge in [0.05, 0.1) is 0 Å². The van der Waals surface area contributed by atoms with Crippen molar-refractivity contribution in [1.82, 2.24) is 14.6 Å². The molecule has 0 aliphatic carbocycles. The van der Waals surface area contributed by atoms with Crippen LogP contribution in [0.3, 0.4) is 0 Å². The van der Waals surface area contributed by atoms with E-state index < -0.39 is 0 Å². The van der Waals surface area contributed by atoms with Gasteiger partial charge in [-0.1, -0.05) is 6.07 Å². The van der Waals surface area contributed by atoms with E-state index in [-0.39, 0.29) is 0 Å². The topological polar surface area (TPSA) is 69.3 Å². The monoisotopic (exact) mass is 248 g/mol. The van der Waals surface area contributed by atoms with Crippen molar-refractivity contribution in [2.45, 2.75) is 6.54 Å². The fourth-order valence-electron chi connectivity index (χ4n) is 1.73. The lowest BCUT2D eigenvalue weighted by Gasteiger charge is -1.99. The molecule has 3 rings (SSSR count). The molecule has 0 fully saturated rings. The second-order valence-electron chi connectivity index (χ2n) is 3.56. The summed E-state index contributed by atoms with van der Waals surface area (Å²) < 4.78 is 7.15. The van der Waals surface area contributed by atoms with Crippen LogP contribution in [0.2, 0.25) is 5.22 Å². The summed E-state index contributed by atoms with van der Waals surface area (Å²) in [5.41, 5.74) is 7.31. The number of nitrogens with zero attached hydrogens (tertiary/aromatic N) is 3. The maximum Gasteiger partial charge on any atom is 0.204 e. The predicted molar refractivity (Wildman–Crippen MR) is 63.6 cm³/mol. The van der Waals surface area contributed by atoms with E-state index in [0.717, 1.165) is 11.2 Å². The van der Waals surface area contributed by atoms with E-state index in [0.29, 0.717) is 23.3 Å². The van der Waals surface area contributed by atoms with Gasteiger partial charge in [-0.2, -0.15) is 0 Å². The summed E-state index contributed by atoms with van der Waals surface area (Å²) >= 11 is 5.74. The Labute approximate surface area is 102 Å². The summed E-state index contributed by atoms with van der Waals surface area (Å²) in [6.07, 6.45) is 1.86. The second-order valence-corrected chi connectivity index (χ2v) is 3.93. The zero-order chi connectivity index (χ0) is 11.8. The molecular formula is C11H9ClN4O. The van der Waals surface area contributed by atoms with Crippen LogP contribution in [0.4, 0.5) is 0 Å². The van der Waals surface area contributed by atoms with Crippen molar-refractivity contribution in [3.8, 4) is 11.6 Å². The Balaban J connectivity index is 2.25. The highest BCUT2D eigenvalue weighted by Crippen LogP contribution is 2.24. The Morgan fingerprint density at radius 1 is 1.29 bits per heavy atom. The predicted octanol–water partition coefficient (Wildman–Crippen LogP) is 2.10. The minimum atomic E-state index is 0.326. The van der Waals surface area contributed by atoms with E-state index in [4.69, 9.17) is 21.8 Å². The van der Waals surface area contributed by atoms with E-state index in [1.807, 2.05) is 22.7 Å². The Kier molecular flexibility index (Phi) is 2.35. The third-order valence-electron chi connectivity index (χ3n) is 2.53. The fraction of sp³-hybridized carbons (Fsp3) is 0.0909. The largest absolute Gasteiger partial charge is 0.441 e. The molecule has 0 bridgehead atoms. The van der Waals surface area contributed by atoms with Gasteiger partial charge in [-0.15, -0.1) is 10.2 Å². The first-order chi connectivity index (χ1) is 8.29. The van der Waals surface area contributed by atoms with Gasteiger partial charge in [-0.3, -0.25) is 4.40 Å². The summed E-state index contributed by atoms with van der Waals surface area (Å²) in [4.78, 5) is 0. The molecule has 5 nitrogen and oxygen atoms in total. The number of hydrogen-bond acceptors (Lipinski definition) is 4. The molecule has 3 aromatic heterocycles. The normalized spacial score (nSPS) is 11.2. The molecule has 6 heteroatoms. The molecule has 17 heavy (non-hydrogen) atoms. The van der Waals surface area contributed by atoms with E-state index in [2.05, 4.69) is 10.2 Å². The van der Waals surface area contributed by atoms with Gasteiger partial charge in [0.25, 0.3) is 0 Å². The highest BCUT2D eigenvalue weighted by atomic mass is 35.5. The molecule has 0 spiro atoms. The zero-order valence-electron chi connectivity index (χ0n) is 8.80. The molecule has 0 atom stereocenters. The van der Waals surface area contributed by atoms with Crippen LogP contribution in [-0.4, -0.2) is 14.6 Å². The van der Waals surface area contributed by atoms with Crippen molar-refractivity contribution in [1.29, 1.82) is 0 Å². The quantitative estimate of drug-likeness (QED) is 0.754. The van der Waals surface area contributed by atoms with Gasteiger partial charge >= 0.3 is 0 Å². The maximum atomic E-state index is 5.74. The highest BCUT2D eigenvalue weighted by molar-refractivity contribution is 6.28. The number of nitrogens with two attached hydrogens (primary N) is 1. The van der Waals surface area contributed by atoms with Gasteiger partial charge in [0.15, 0.2) is 16.6 Å². The van der Waals surface area contributed by atoms with Gasteiger partial charge in [0.2, 0.25) is 5.82 Å². The molecule has 2 N–H and O–H groups in total. The van der Waals surface area contributed by atoms with Crippen molar-refractivity contribution < 1.29 is 4.42 Å². The van der Waals surface area contributed by atoms with E-state index >= 15 is 0 Å². The lowest BCUT2D eigenvalue weighted by molar-refractivity contribution is 0.578. The van der Waals surface area contributed by atoms with Crippen LogP contribution in [0, 0.1) is 0 Å². The highest BCUT2D eigenvalue weighted by Gasteiger charge is 2.13. The molecule has 3 heterocycles. The summed E-state index contributed by atoms with van der Waals surface area (Å²) in [5, 5.41) is 8.52. The number of hydrogen-bond donors (Lipinski definition) is 1. The van der Waals surface area contributed by atoms with Crippen LogP contribution in [0.15, 0.2) is 34.9 Å². The van der Waals surface area contributed by atoms with Crippen molar-refractivity contribution >= 4 is 17.2 Å². The minimum absolute atomic E-state index is 0.326. The molecule has 0 aromatic carbocycles. The molecule has 0 aliphatic heterocycles. The van der Waals surface area contributed by atoms with Gasteiger partial charge < -0.3 is 10.2 Å². The third kappa shape index (κ3) is 1.60. The van der Waals surface area contributed by atoms with E-state index in [1.165, 1.54) is 0 Å². The van der Waals surface area contributed by atoms with Crippen LogP contribution in [0.1, 0.15) is 5.56 Å². The Hall–Kier alpha value is -1.85. The van der Waals surface area contributed by atoms with E-state index in [9.17, 15) is 0 Å². The Morgan fingerprint density at radius 3 is 2.88 bits per heavy atom. The fourth-order valence-corrected chi connectivity index (χ4v) is 1.88. The number of rotatable bonds is 2. The zero-order valence-corrected chi connectivity index (χ0v) is 9.55. The molecule has 0 saturated heterocycles. The number of furan rings is 1. The minimum Gasteiger partial charge on any atom is -0.441 e. The van der Waals surface area contributed by atoms with Crippen LogP contribution in [0.5, 0.6) is 0 Å². The molecule has 0 saturated carbocycles. The number of aromatic nitrogens is 3. The van der Waals surface area contributed by atoms with Gasteiger partial charge in [0.1, 0.15) is 0 Å². The number of halogens is 1. The van der Waals surface area contributed by atoms with Gasteiger partial charge in [0, 0.05) is 18.3 Å². The van der Waals surface area contributed by atoms with Crippen molar-refractivity contribution in [2.24, 2.45) is 5.73 Å². The summed E-state index contributed by atoms with van der Waals surface area (Å²) in [6, 6.07) is 7.24. The molecule has 86 valence electrons. The smallest absolute Gasteiger partial charge is 0.204 e. The first-order valence-electron chi connectivity index (χ1n) is 5.08. The summed E-state index contributed by atoms with van der Waals surface area (Å²) in [5.74, 6) is 1.19. The van der Waals surface area contributed by atoms with Gasteiger partial charge in [-0.25, -0.2) is 0 Å². The van der Waals surface area contributed by atoms with Crippen molar-refractivity contribution in [3.05, 3.63) is 41.2 Å². The van der Waals surface area contributed by atoms with Gasteiger partial charge in [-0.05, 0) is 29.8 Å². The summed E-state index contributed by atoms with van der Waals surface area (Å²) in [7, 11) is 0. The van der Waals surface area contributed by atoms with Crippen LogP contribution in [0.25, 0.3) is 17.2 Å². The van der Waals surface area contributed by atoms with Crippen LogP contribution >= 0.6 is 11.6 Å². The first kappa shape index (κ1) is 10.3. The standard InChI is InChI=1S/C11H9ClN4O/c12-9-4-3-8(17-9)11-15-14-10-7(6-13)2-1-5-16(10)11/h1-5H,6,13H2. The molecule has 0 amide bonds. The lowest BCUT2D eigenvalue weighted by Crippen LogP contribution is -1.99. The molecule has 0 radical (unpaired) electrons. The SMILES string of the molecule is NCc1cccn2c(-c3ccc(Cl)o3)nnc12. The van der Waals surface area contributed by atoms with Crippen molar-refractivity contribution in [3.63, 3.8) is 0 Å². The number of pyridine rings is 1. The Bertz CT molecular complexity index is 673. The lowest BCUT2D eigenvalue weighted by atomic mass is 10.2. The molecule has 0 unspecified atom stereocenters. The molecule has 0 aliphatic rings. The van der Waals surface area contributed by atoms with E-state index in [1.54, 1.807) is 12.1 Å². The third-order valence-corrected chi connectivity index (χ3v) is 2.73. The van der Waals surface area contributed by atoms with Crippen molar-refractivity contribution in [2.75, 3.05) is 0 Å². The average Bonchev–Trinajstić information content (AvgIpc) is 2.94. The molecular weight excluding hydrogens is 240 g/mol. The molecule has 3 aromatic rings. The maximum absolute atomic E-state index is 5.74. The first-order valence-corrected chi connectivity index (χ1v) is 5.46. The van der Waals surface area contributed by atoms with Crippen LogP contribution < -0.4 is 5.73 Å². The van der Waals surface area contributed by atoms with Crippen LogP contribution in [-0.2, 0) is 6.54 Å². The number of fused-ring (bicyclic) bond motifs is 1. The second kappa shape index (κ2) is 3.87. The average molecular weight is 249 g/mol. The Morgan fingerprint density at radius 2 is 2.18 bits per heavy atom.